The number of benzene rings is 3. The summed E-state index contributed by atoms with van der Waals surface area (Å²) < 4.78 is 12.5. The molecule has 1 atom stereocenters. The summed E-state index contributed by atoms with van der Waals surface area (Å²) in [5.41, 5.74) is 7.72. The predicted molar refractivity (Wildman–Crippen MR) is 143 cm³/mol. The van der Waals surface area contributed by atoms with E-state index in [9.17, 15) is 4.79 Å². The van der Waals surface area contributed by atoms with E-state index in [0.717, 1.165) is 22.0 Å². The van der Waals surface area contributed by atoms with Crippen molar-refractivity contribution in [3.05, 3.63) is 100 Å². The van der Waals surface area contributed by atoms with Crippen LogP contribution in [0.25, 0.3) is 0 Å². The van der Waals surface area contributed by atoms with Crippen LogP contribution in [-0.4, -0.2) is 48.8 Å². The molecule has 1 heterocycles. The van der Waals surface area contributed by atoms with Crippen LogP contribution < -0.4 is 15.6 Å². The van der Waals surface area contributed by atoms with Crippen molar-refractivity contribution in [2.45, 2.75) is 24.8 Å². The van der Waals surface area contributed by atoms with Gasteiger partial charge in [0.05, 0.1) is 6.61 Å². The number of hydrazine groups is 1. The molecule has 1 aliphatic rings. The molecule has 0 saturated carbocycles. The Morgan fingerprint density at radius 3 is 2.56 bits per heavy atom. The lowest BCUT2D eigenvalue weighted by molar-refractivity contribution is -0.127. The van der Waals surface area contributed by atoms with Crippen molar-refractivity contribution >= 4 is 27.7 Å². The van der Waals surface area contributed by atoms with Gasteiger partial charge in [0, 0.05) is 36.0 Å². The number of ether oxygens (including phenoxy) is 2. The summed E-state index contributed by atoms with van der Waals surface area (Å²) in [6, 6.07) is 25.3. The van der Waals surface area contributed by atoms with Gasteiger partial charge in [0.1, 0.15) is 12.4 Å². The zero-order valence-corrected chi connectivity index (χ0v) is 21.5. The molecule has 188 valence electrons. The normalized spacial score (nSPS) is 16.8. The van der Waals surface area contributed by atoms with Gasteiger partial charge in [-0.1, -0.05) is 64.5 Å². The maximum atomic E-state index is 13.5. The maximum Gasteiger partial charge on any atom is 0.266 e. The fraction of sp³-hybridized carbons (Fsp3) is 0.286. The number of carbonyl (C=O) groups excluding carboxylic acids is 1. The summed E-state index contributed by atoms with van der Waals surface area (Å²) in [5, 5.41) is 8.92. The average Bonchev–Trinajstić information content (AvgIpc) is 3.34. The van der Waals surface area contributed by atoms with Crippen LogP contribution >= 0.6 is 15.9 Å². The monoisotopic (exact) mass is 551 g/mol. The molecular formula is C28H30BrN3O4. The van der Waals surface area contributed by atoms with Crippen LogP contribution in [0.5, 0.6) is 5.75 Å². The third kappa shape index (κ3) is 6.72. The molecule has 0 aliphatic carbocycles. The summed E-state index contributed by atoms with van der Waals surface area (Å²) in [6.45, 7) is 1.26. The van der Waals surface area contributed by atoms with E-state index in [4.69, 9.17) is 19.6 Å². The zero-order chi connectivity index (χ0) is 25.2. The summed E-state index contributed by atoms with van der Waals surface area (Å²) >= 11 is 3.59. The number of nitrogens with zero attached hydrogens (tertiary/aromatic N) is 1. The Morgan fingerprint density at radius 2 is 1.81 bits per heavy atom. The van der Waals surface area contributed by atoms with E-state index in [2.05, 4.69) is 38.9 Å². The number of carbonyl (C=O) groups is 1. The molecule has 0 aromatic heterocycles. The number of amides is 1. The minimum absolute atomic E-state index is 0.0888. The van der Waals surface area contributed by atoms with Crippen LogP contribution in [0, 0.1) is 0 Å². The SMILES string of the molecule is O=C(NNCCc1ccccc1)[C@]1(Cc2ccccc2Br)COC(c2ccc(OCCCO)cc2)=N1. The molecule has 0 fully saturated rings. The second-order valence-electron chi connectivity index (χ2n) is 8.57. The van der Waals surface area contributed by atoms with Crippen LogP contribution in [0.4, 0.5) is 0 Å². The Kier molecular flexibility index (Phi) is 9.11. The van der Waals surface area contributed by atoms with Crippen molar-refractivity contribution < 1.29 is 19.4 Å². The molecule has 0 spiro atoms. The Morgan fingerprint density at radius 1 is 1.06 bits per heavy atom. The van der Waals surface area contributed by atoms with Gasteiger partial charge in [-0.15, -0.1) is 0 Å². The van der Waals surface area contributed by atoms with Crippen molar-refractivity contribution in [1.82, 2.24) is 10.9 Å². The van der Waals surface area contributed by atoms with Gasteiger partial charge in [0.25, 0.3) is 5.91 Å². The summed E-state index contributed by atoms with van der Waals surface area (Å²) in [6.07, 6.45) is 1.74. The number of halogens is 1. The largest absolute Gasteiger partial charge is 0.494 e. The van der Waals surface area contributed by atoms with Crippen molar-refractivity contribution in [3.63, 3.8) is 0 Å². The number of hydrogen-bond donors (Lipinski definition) is 3. The second-order valence-corrected chi connectivity index (χ2v) is 9.43. The number of rotatable bonds is 12. The van der Waals surface area contributed by atoms with Gasteiger partial charge < -0.3 is 14.6 Å². The third-order valence-electron chi connectivity index (χ3n) is 5.88. The first-order valence-electron chi connectivity index (χ1n) is 12.0. The first-order chi connectivity index (χ1) is 17.6. The standard InChI is InChI=1S/C28H30BrN3O4/c29-25-10-5-4-9-23(25)19-28(27(34)32-30-16-15-21-7-2-1-3-8-21)20-36-26(31-28)22-11-13-24(14-12-22)35-18-6-17-33/h1-5,7-14,30,33H,6,15-20H2,(H,32,34)/t28-/m0/s1. The molecule has 0 bridgehead atoms. The highest BCUT2D eigenvalue weighted by atomic mass is 79.9. The van der Waals surface area contributed by atoms with Gasteiger partial charge >= 0.3 is 0 Å². The molecular weight excluding hydrogens is 522 g/mol. The number of aliphatic hydroxyl groups excluding tert-OH is 1. The van der Waals surface area contributed by atoms with Crippen LogP contribution in [0.3, 0.4) is 0 Å². The average molecular weight is 552 g/mol. The molecule has 1 amide bonds. The molecule has 3 aromatic carbocycles. The van der Waals surface area contributed by atoms with Crippen LogP contribution in [-0.2, 0) is 22.4 Å². The van der Waals surface area contributed by atoms with Crippen molar-refractivity contribution in [2.75, 3.05) is 26.4 Å². The molecule has 8 heteroatoms. The Bertz CT molecular complexity index is 1170. The molecule has 0 radical (unpaired) electrons. The van der Waals surface area contributed by atoms with E-state index >= 15 is 0 Å². The highest BCUT2D eigenvalue weighted by molar-refractivity contribution is 9.10. The van der Waals surface area contributed by atoms with E-state index in [0.29, 0.717) is 37.6 Å². The number of hydrogen-bond acceptors (Lipinski definition) is 6. The molecule has 1 aliphatic heterocycles. The first kappa shape index (κ1) is 25.9. The highest BCUT2D eigenvalue weighted by Gasteiger charge is 2.45. The first-order valence-corrected chi connectivity index (χ1v) is 12.8. The minimum atomic E-state index is -1.12. The summed E-state index contributed by atoms with van der Waals surface area (Å²) in [4.78, 5) is 18.3. The van der Waals surface area contributed by atoms with Gasteiger partial charge in [0.2, 0.25) is 5.90 Å². The molecule has 0 unspecified atom stereocenters. The van der Waals surface area contributed by atoms with Gasteiger partial charge in [0.15, 0.2) is 5.54 Å². The van der Waals surface area contributed by atoms with Crippen LogP contribution in [0.1, 0.15) is 23.1 Å². The van der Waals surface area contributed by atoms with Gasteiger partial charge in [-0.2, -0.15) is 0 Å². The van der Waals surface area contributed by atoms with Crippen LogP contribution in [0.15, 0.2) is 88.3 Å². The van der Waals surface area contributed by atoms with Crippen LogP contribution in [0.2, 0.25) is 0 Å². The number of nitrogens with one attached hydrogen (secondary N) is 2. The van der Waals surface area contributed by atoms with Crippen molar-refractivity contribution in [3.8, 4) is 5.75 Å². The van der Waals surface area contributed by atoms with E-state index in [-0.39, 0.29) is 19.1 Å². The third-order valence-corrected chi connectivity index (χ3v) is 6.66. The molecule has 3 N–H and O–H groups in total. The minimum Gasteiger partial charge on any atom is -0.494 e. The molecule has 7 nitrogen and oxygen atoms in total. The van der Waals surface area contributed by atoms with Gasteiger partial charge in [-0.3, -0.25) is 10.2 Å². The quantitative estimate of drug-likeness (QED) is 0.235. The second kappa shape index (κ2) is 12.7. The van der Waals surface area contributed by atoms with E-state index in [1.165, 1.54) is 5.56 Å². The smallest absolute Gasteiger partial charge is 0.266 e. The fourth-order valence-electron chi connectivity index (χ4n) is 3.90. The topological polar surface area (TPSA) is 92.2 Å². The number of aliphatic hydroxyl groups is 1. The van der Waals surface area contributed by atoms with Crippen molar-refractivity contribution in [1.29, 1.82) is 0 Å². The fourth-order valence-corrected chi connectivity index (χ4v) is 4.32. The highest BCUT2D eigenvalue weighted by Crippen LogP contribution is 2.30. The zero-order valence-electron chi connectivity index (χ0n) is 20.0. The summed E-state index contributed by atoms with van der Waals surface area (Å²) in [7, 11) is 0. The van der Waals surface area contributed by atoms with Gasteiger partial charge in [-0.05, 0) is 47.9 Å². The number of aliphatic imine (C=N–C) groups is 1. The maximum absolute atomic E-state index is 13.5. The molecule has 36 heavy (non-hydrogen) atoms. The Labute approximate surface area is 219 Å². The van der Waals surface area contributed by atoms with E-state index < -0.39 is 5.54 Å². The molecule has 3 aromatic rings. The Hall–Kier alpha value is -3.20. The van der Waals surface area contributed by atoms with Gasteiger partial charge in [-0.25, -0.2) is 10.4 Å². The van der Waals surface area contributed by atoms with E-state index in [1.54, 1.807) is 0 Å². The van der Waals surface area contributed by atoms with Crippen molar-refractivity contribution in [2.24, 2.45) is 4.99 Å². The molecule has 4 rings (SSSR count). The van der Waals surface area contributed by atoms with E-state index in [1.807, 2.05) is 66.7 Å². The predicted octanol–water partition coefficient (Wildman–Crippen LogP) is 3.83. The summed E-state index contributed by atoms with van der Waals surface area (Å²) in [5.74, 6) is 0.874. The lowest BCUT2D eigenvalue weighted by atomic mass is 9.91. The Balaban J connectivity index is 1.48. The lowest BCUT2D eigenvalue weighted by Crippen LogP contribution is -2.53. The molecule has 0 saturated heterocycles. The lowest BCUT2D eigenvalue weighted by Gasteiger charge is -2.24.